The summed E-state index contributed by atoms with van der Waals surface area (Å²) in [6.45, 7) is 9.34. The van der Waals surface area contributed by atoms with E-state index in [4.69, 9.17) is 18.9 Å². The minimum Gasteiger partial charge on any atom is -0.497 e. The normalized spacial score (nSPS) is 37.5. The molecule has 0 N–H and O–H groups in total. The summed E-state index contributed by atoms with van der Waals surface area (Å²) in [5.41, 5.74) is 2.20. The second-order valence-corrected chi connectivity index (χ2v) is 32.1. The maximum atomic E-state index is 13.3. The Morgan fingerprint density at radius 3 is 1.55 bits per heavy atom. The molecule has 0 aromatic heterocycles. The van der Waals surface area contributed by atoms with Crippen LogP contribution >= 0.6 is 47.0 Å². The number of carbonyl (C=O) groups excluding carboxylic acids is 4. The number of hydrogen-bond donors (Lipinski definition) is 0. The van der Waals surface area contributed by atoms with E-state index in [9.17, 15) is 19.2 Å². The molecule has 12 rings (SSSR count). The number of thioether (sulfide) groups is 4. The van der Waals surface area contributed by atoms with Crippen LogP contribution < -0.4 is 9.47 Å². The van der Waals surface area contributed by atoms with Crippen molar-refractivity contribution in [3.05, 3.63) is 59.7 Å². The molecule has 0 amide bonds. The van der Waals surface area contributed by atoms with Gasteiger partial charge in [-0.25, -0.2) is 4.79 Å². The van der Waals surface area contributed by atoms with Gasteiger partial charge in [-0.3, -0.25) is 14.4 Å². The molecule has 0 radical (unpaired) electrons. The number of Topliss-reactive ketones (excluding diaryl/α,β-unsaturated/α-hetero) is 1. The number of fused-ring (bicyclic) bond motifs is 24. The summed E-state index contributed by atoms with van der Waals surface area (Å²) in [5.74, 6) is 18.2. The zero-order valence-corrected chi connectivity index (χ0v) is 51.1. The molecule has 2 aromatic carbocycles. The largest absolute Gasteiger partial charge is 0.497 e. The van der Waals surface area contributed by atoms with Crippen molar-refractivity contribution in [2.45, 2.75) is 176 Å². The molecule has 0 spiro atoms. The van der Waals surface area contributed by atoms with Gasteiger partial charge in [0.25, 0.3) is 0 Å². The first-order valence-electron chi connectivity index (χ1n) is 31.0. The zero-order valence-electron chi connectivity index (χ0n) is 47.8. The summed E-state index contributed by atoms with van der Waals surface area (Å²) in [7, 11) is 3.45. The predicted molar refractivity (Wildman–Crippen MR) is 321 cm³/mol. The molecule has 78 heavy (non-hydrogen) atoms. The number of rotatable bonds is 24. The molecule has 10 fully saturated rings. The molecule has 8 nitrogen and oxygen atoms in total. The summed E-state index contributed by atoms with van der Waals surface area (Å²) in [5, 5.41) is 2.71. The number of carbonyl (C=O) groups is 4. The zero-order chi connectivity index (χ0) is 54.2. The molecule has 10 saturated carbocycles. The van der Waals surface area contributed by atoms with E-state index in [2.05, 4.69) is 49.9 Å². The van der Waals surface area contributed by atoms with Gasteiger partial charge < -0.3 is 18.9 Å². The summed E-state index contributed by atoms with van der Waals surface area (Å²) in [6, 6.07) is 16.3. The van der Waals surface area contributed by atoms with Crippen molar-refractivity contribution in [1.82, 2.24) is 0 Å². The molecule has 10 aliphatic carbocycles. The van der Waals surface area contributed by atoms with Crippen LogP contribution in [-0.2, 0) is 29.3 Å². The van der Waals surface area contributed by atoms with Gasteiger partial charge in [-0.2, -0.15) is 23.5 Å². The maximum Gasteiger partial charge on any atom is 0.372 e. The van der Waals surface area contributed by atoms with Crippen molar-refractivity contribution in [1.29, 1.82) is 0 Å². The monoisotopic (exact) mass is 1140 g/mol. The van der Waals surface area contributed by atoms with Crippen molar-refractivity contribution in [2.75, 3.05) is 38.9 Å². The smallest absolute Gasteiger partial charge is 0.372 e. The highest BCUT2D eigenvalue weighted by atomic mass is 32.2. The first-order chi connectivity index (χ1) is 37.8. The summed E-state index contributed by atoms with van der Waals surface area (Å²) >= 11 is 7.27. The molecule has 12 heteroatoms. The molecular formula is C66H92O8S4. The van der Waals surface area contributed by atoms with Gasteiger partial charge in [0.2, 0.25) is 0 Å². The predicted octanol–water partition coefficient (Wildman–Crippen LogP) is 15.6. The van der Waals surface area contributed by atoms with Gasteiger partial charge in [0.05, 0.1) is 20.1 Å². The van der Waals surface area contributed by atoms with Crippen LogP contribution in [0.2, 0.25) is 0 Å². The third-order valence-electron chi connectivity index (χ3n) is 22.5. The van der Waals surface area contributed by atoms with Crippen molar-refractivity contribution in [3.63, 3.8) is 0 Å². The van der Waals surface area contributed by atoms with Crippen LogP contribution in [0.25, 0.3) is 0 Å². The Kier molecular flexibility index (Phi) is 18.8. The minimum atomic E-state index is -0.182. The van der Waals surface area contributed by atoms with Crippen LogP contribution in [-0.4, -0.2) is 82.1 Å². The average Bonchev–Trinajstić information content (AvgIpc) is 2.80. The Bertz CT molecular complexity index is 2390. The van der Waals surface area contributed by atoms with E-state index < -0.39 is 0 Å². The lowest BCUT2D eigenvalue weighted by Gasteiger charge is -2.43. The summed E-state index contributed by atoms with van der Waals surface area (Å²) in [4.78, 5) is 48.5. The molecular weight excluding hydrogens is 1050 g/mol. The van der Waals surface area contributed by atoms with Crippen LogP contribution in [0.3, 0.4) is 0 Å². The van der Waals surface area contributed by atoms with Crippen molar-refractivity contribution < 1.29 is 38.1 Å². The number of esters is 1. The Balaban J connectivity index is 0.000000213. The van der Waals surface area contributed by atoms with Crippen LogP contribution in [0.4, 0.5) is 4.79 Å². The van der Waals surface area contributed by atoms with Gasteiger partial charge >= 0.3 is 11.3 Å². The van der Waals surface area contributed by atoms with E-state index in [1.165, 1.54) is 113 Å². The molecule has 8 bridgehead atoms. The molecule has 20 atom stereocenters. The SMILES string of the molecule is CC(=O)CCSC1CC2CC1C1C3CC(C4CC(SC(C)=O)CC43)C21.COCCCCCCCCCOC(=O)CCSC1CC2C(C1)C1CC2C2C3CC(SC(=O)Oc4ccc(C(C)(C)c5ccc(OC)cc5)cc4)C(C3)C12. The molecule has 0 saturated heterocycles. The number of hydrogen-bond acceptors (Lipinski definition) is 12. The maximum absolute atomic E-state index is 13.3. The van der Waals surface area contributed by atoms with Crippen molar-refractivity contribution in [2.24, 2.45) is 94.7 Å². The lowest BCUT2D eigenvalue weighted by Crippen LogP contribution is -2.39. The van der Waals surface area contributed by atoms with Crippen LogP contribution in [0.1, 0.15) is 161 Å². The summed E-state index contributed by atoms with van der Waals surface area (Å²) < 4.78 is 21.9. The quantitative estimate of drug-likeness (QED) is 0.0568. The molecule has 428 valence electrons. The number of ether oxygens (including phenoxy) is 4. The van der Waals surface area contributed by atoms with Crippen molar-refractivity contribution >= 4 is 69.2 Å². The third-order valence-corrected chi connectivity index (χ3v) is 27.4. The Labute approximate surface area is 485 Å². The lowest BCUT2D eigenvalue weighted by molar-refractivity contribution is -0.143. The molecule has 10 aliphatic rings. The van der Waals surface area contributed by atoms with Gasteiger partial charge in [-0.15, -0.1) is 0 Å². The standard InChI is InChI=1S/C45H62O6S2.C21H30O2S2/c1-45(2,30-12-16-32(49-4)17-13-30)31-14-18-33(19-15-31)51-44(47)53-40-25-29-24-39(40)43-38-28-37(42(29)43)35-26-34(27-36(35)38)52-23-20-41(46)50-22-11-9-7-5-6-8-10-21-48-3;1-10(22)3-4-24-19-6-12-5-18(19)21-17-9-16(20(12)21)14-7-13(8-15(14)17)25-11(2)23/h12-19,29,34-40,42-43H,5-11,20-28H2,1-4H3;12-21H,3-9H2,1-2H3. The highest BCUT2D eigenvalue weighted by Crippen LogP contribution is 2.76. The number of methoxy groups -OCH3 is 2. The van der Waals surface area contributed by atoms with E-state index in [0.29, 0.717) is 51.3 Å². The van der Waals surface area contributed by atoms with Crippen molar-refractivity contribution in [3.8, 4) is 11.5 Å². The first-order valence-corrected chi connectivity index (χ1v) is 34.8. The van der Waals surface area contributed by atoms with Gasteiger partial charge in [0, 0.05) is 65.0 Å². The number of ketones is 1. The summed E-state index contributed by atoms with van der Waals surface area (Å²) in [6.07, 6.45) is 23.3. The first kappa shape index (κ1) is 57.7. The lowest BCUT2D eigenvalue weighted by atomic mass is 9.64. The Hall–Kier alpha value is -2.12. The molecule has 0 aliphatic heterocycles. The topological polar surface area (TPSA) is 105 Å². The highest BCUT2D eigenvalue weighted by Gasteiger charge is 2.70. The van der Waals surface area contributed by atoms with Gasteiger partial charge in [0.15, 0.2) is 5.12 Å². The average molecular weight is 1140 g/mol. The van der Waals surface area contributed by atoms with Gasteiger partial charge in [-0.05, 0) is 226 Å². The van der Waals surface area contributed by atoms with E-state index in [1.54, 1.807) is 39.8 Å². The van der Waals surface area contributed by atoms with Gasteiger partial charge in [0.1, 0.15) is 17.3 Å². The fourth-order valence-corrected chi connectivity index (χ4v) is 25.0. The fraction of sp³-hybridized carbons (Fsp3) is 0.758. The Morgan fingerprint density at radius 2 is 1.00 bits per heavy atom. The van der Waals surface area contributed by atoms with Crippen LogP contribution in [0.15, 0.2) is 48.5 Å². The number of benzene rings is 2. The second kappa shape index (κ2) is 25.4. The van der Waals surface area contributed by atoms with E-state index in [1.807, 2.05) is 36.0 Å². The van der Waals surface area contributed by atoms with Gasteiger partial charge in [-0.1, -0.05) is 82.0 Å². The third kappa shape index (κ3) is 12.1. The fourth-order valence-electron chi connectivity index (χ4n) is 19.7. The van der Waals surface area contributed by atoms with Crippen LogP contribution in [0.5, 0.6) is 11.5 Å². The van der Waals surface area contributed by atoms with E-state index >= 15 is 0 Å². The van der Waals surface area contributed by atoms with Crippen LogP contribution in [0, 0.1) is 94.7 Å². The van der Waals surface area contributed by atoms with E-state index in [0.717, 1.165) is 144 Å². The molecule has 0 heterocycles. The minimum absolute atomic E-state index is 0.0193. The molecule has 2 aromatic rings. The Morgan fingerprint density at radius 1 is 0.500 bits per heavy atom. The second-order valence-electron chi connectivity index (χ2n) is 26.7. The van der Waals surface area contributed by atoms with E-state index in [-0.39, 0.29) is 16.7 Å². The highest BCUT2D eigenvalue weighted by molar-refractivity contribution is 8.14. The number of unbranched alkanes of at least 4 members (excludes halogenated alkanes) is 6. The molecule has 20 unspecified atom stereocenters.